The average molecular weight is 360 g/mol. The van der Waals surface area contributed by atoms with E-state index < -0.39 is 0 Å². The van der Waals surface area contributed by atoms with Gasteiger partial charge in [-0.15, -0.1) is 0 Å². The van der Waals surface area contributed by atoms with Gasteiger partial charge in [-0.05, 0) is 45.0 Å². The quantitative estimate of drug-likeness (QED) is 0.260. The van der Waals surface area contributed by atoms with Gasteiger partial charge in [0.25, 0.3) is 0 Å². The predicted octanol–water partition coefficient (Wildman–Crippen LogP) is 7.50. The first-order chi connectivity index (χ1) is 12.7. The fraction of sp³-hybridized carbons (Fsp3) is 0.760. The molecule has 0 N–H and O–H groups in total. The molecule has 0 saturated heterocycles. The molecular weight excluding hydrogens is 314 g/mol. The normalized spacial score (nSPS) is 12.6. The number of benzene rings is 1. The minimum atomic E-state index is 0.897. The van der Waals surface area contributed by atoms with Crippen LogP contribution in [0.5, 0.6) is 0 Å². The maximum atomic E-state index is 2.32. The molecule has 26 heavy (non-hydrogen) atoms. The fourth-order valence-corrected chi connectivity index (χ4v) is 3.89. The highest BCUT2D eigenvalue weighted by Gasteiger charge is 2.09. The second kappa shape index (κ2) is 16.4. The Morgan fingerprint density at radius 2 is 1.23 bits per heavy atom. The molecule has 0 radical (unpaired) electrons. The molecule has 1 rings (SSSR count). The van der Waals surface area contributed by atoms with Gasteiger partial charge in [-0.3, -0.25) is 0 Å². The fourth-order valence-electron chi connectivity index (χ4n) is 3.89. The summed E-state index contributed by atoms with van der Waals surface area (Å²) >= 11 is 0. The molecule has 0 fully saturated rings. The topological polar surface area (TPSA) is 3.24 Å². The van der Waals surface area contributed by atoms with Crippen LogP contribution in [0.3, 0.4) is 0 Å². The molecule has 0 heterocycles. The van der Waals surface area contributed by atoms with Crippen molar-refractivity contribution >= 4 is 0 Å². The van der Waals surface area contributed by atoms with E-state index in [0.717, 1.165) is 5.92 Å². The maximum absolute atomic E-state index is 2.32. The third-order valence-corrected chi connectivity index (χ3v) is 5.55. The van der Waals surface area contributed by atoms with Crippen molar-refractivity contribution in [3.05, 3.63) is 35.9 Å². The molecule has 0 aliphatic rings. The zero-order chi connectivity index (χ0) is 18.9. The van der Waals surface area contributed by atoms with Crippen LogP contribution in [-0.4, -0.2) is 25.5 Å². The summed E-state index contributed by atoms with van der Waals surface area (Å²) in [7, 11) is 4.35. The van der Waals surface area contributed by atoms with Crippen molar-refractivity contribution < 1.29 is 0 Å². The van der Waals surface area contributed by atoms with Crippen molar-refractivity contribution in [3.8, 4) is 0 Å². The highest BCUT2D eigenvalue weighted by atomic mass is 15.0. The Morgan fingerprint density at radius 3 is 1.81 bits per heavy atom. The highest BCUT2D eigenvalue weighted by Crippen LogP contribution is 2.22. The van der Waals surface area contributed by atoms with Gasteiger partial charge in [0.15, 0.2) is 0 Å². The van der Waals surface area contributed by atoms with E-state index in [1.165, 1.54) is 102 Å². The molecule has 1 atom stereocenters. The maximum Gasteiger partial charge on any atom is -0.00248 e. The van der Waals surface area contributed by atoms with Crippen LogP contribution in [0.4, 0.5) is 0 Å². The minimum absolute atomic E-state index is 0.897. The van der Waals surface area contributed by atoms with Crippen LogP contribution < -0.4 is 0 Å². The van der Waals surface area contributed by atoms with Gasteiger partial charge in [-0.25, -0.2) is 0 Å². The molecular formula is C25H45N. The largest absolute Gasteiger partial charge is 0.309 e. The highest BCUT2D eigenvalue weighted by molar-refractivity contribution is 5.15. The molecule has 0 aliphatic heterocycles. The van der Waals surface area contributed by atoms with Crippen LogP contribution in [-0.2, 0) is 6.42 Å². The number of hydrogen-bond acceptors (Lipinski definition) is 1. The number of hydrogen-bond donors (Lipinski definition) is 0. The molecule has 1 nitrogen and oxygen atoms in total. The second-order valence-electron chi connectivity index (χ2n) is 8.47. The van der Waals surface area contributed by atoms with Gasteiger partial charge >= 0.3 is 0 Å². The Balaban J connectivity index is 2.02. The van der Waals surface area contributed by atoms with E-state index in [4.69, 9.17) is 0 Å². The van der Waals surface area contributed by atoms with Crippen LogP contribution in [0.1, 0.15) is 96.0 Å². The Bertz CT molecular complexity index is 398. The smallest absolute Gasteiger partial charge is 0.00248 e. The Kier molecular flexibility index (Phi) is 14.6. The van der Waals surface area contributed by atoms with Gasteiger partial charge in [-0.2, -0.15) is 0 Å². The minimum Gasteiger partial charge on any atom is -0.309 e. The van der Waals surface area contributed by atoms with Crippen molar-refractivity contribution in [2.24, 2.45) is 5.92 Å². The monoisotopic (exact) mass is 359 g/mol. The molecule has 0 spiro atoms. The first kappa shape index (κ1) is 23.2. The second-order valence-corrected chi connectivity index (χ2v) is 8.47. The van der Waals surface area contributed by atoms with E-state index >= 15 is 0 Å². The molecule has 1 aromatic rings. The third kappa shape index (κ3) is 13.4. The van der Waals surface area contributed by atoms with Gasteiger partial charge in [0.05, 0.1) is 0 Å². The third-order valence-electron chi connectivity index (χ3n) is 5.55. The molecule has 1 heteroatoms. The van der Waals surface area contributed by atoms with Crippen molar-refractivity contribution in [2.75, 3.05) is 20.6 Å². The predicted molar refractivity (Wildman–Crippen MR) is 118 cm³/mol. The summed E-state index contributed by atoms with van der Waals surface area (Å²) in [6, 6.07) is 11.1. The van der Waals surface area contributed by atoms with Crippen molar-refractivity contribution in [3.63, 3.8) is 0 Å². The van der Waals surface area contributed by atoms with Gasteiger partial charge in [-0.1, -0.05) is 114 Å². The summed E-state index contributed by atoms with van der Waals surface area (Å²) in [6.07, 6.45) is 19.7. The lowest BCUT2D eigenvalue weighted by Gasteiger charge is -2.17. The van der Waals surface area contributed by atoms with Gasteiger partial charge in [0.2, 0.25) is 0 Å². The molecule has 0 bridgehead atoms. The Hall–Kier alpha value is -0.820. The van der Waals surface area contributed by atoms with E-state index in [2.05, 4.69) is 56.3 Å². The van der Waals surface area contributed by atoms with E-state index in [1.54, 1.807) is 0 Å². The number of rotatable bonds is 17. The lowest BCUT2D eigenvalue weighted by molar-refractivity contribution is 0.388. The van der Waals surface area contributed by atoms with Gasteiger partial charge in [0, 0.05) is 0 Å². The lowest BCUT2D eigenvalue weighted by Crippen LogP contribution is -2.12. The van der Waals surface area contributed by atoms with Crippen LogP contribution in [0.25, 0.3) is 0 Å². The van der Waals surface area contributed by atoms with Crippen LogP contribution in [0.2, 0.25) is 0 Å². The standard InChI is InChI=1S/C25H45N/c1-4-5-18-24(23-25-20-15-13-16-21-25)19-14-11-9-7-6-8-10-12-17-22-26(2)3/h13,15-16,20-21,24H,4-12,14,17-19,22-23H2,1-3H3. The van der Waals surface area contributed by atoms with Crippen LogP contribution in [0, 0.1) is 5.92 Å². The summed E-state index contributed by atoms with van der Waals surface area (Å²) < 4.78 is 0. The van der Waals surface area contributed by atoms with E-state index in [0.29, 0.717) is 0 Å². The molecule has 0 aromatic heterocycles. The summed E-state index contributed by atoms with van der Waals surface area (Å²) in [6.45, 7) is 3.57. The average Bonchev–Trinajstić information content (AvgIpc) is 2.64. The Morgan fingerprint density at radius 1 is 0.692 bits per heavy atom. The van der Waals surface area contributed by atoms with Gasteiger partial charge in [0.1, 0.15) is 0 Å². The summed E-state index contributed by atoms with van der Waals surface area (Å²) in [4.78, 5) is 2.30. The van der Waals surface area contributed by atoms with E-state index in [1.807, 2.05) is 0 Å². The summed E-state index contributed by atoms with van der Waals surface area (Å²) in [5, 5.41) is 0. The molecule has 1 aromatic carbocycles. The first-order valence-corrected chi connectivity index (χ1v) is 11.4. The van der Waals surface area contributed by atoms with Gasteiger partial charge < -0.3 is 4.90 Å². The van der Waals surface area contributed by atoms with Crippen molar-refractivity contribution in [2.45, 2.75) is 96.8 Å². The number of nitrogens with zero attached hydrogens (tertiary/aromatic N) is 1. The van der Waals surface area contributed by atoms with Crippen molar-refractivity contribution in [1.29, 1.82) is 0 Å². The zero-order valence-electron chi connectivity index (χ0n) is 18.0. The Labute approximate surface area is 164 Å². The zero-order valence-corrected chi connectivity index (χ0v) is 18.0. The number of unbranched alkanes of at least 4 members (excludes halogenated alkanes) is 9. The summed E-state index contributed by atoms with van der Waals surface area (Å²) in [5.41, 5.74) is 1.53. The van der Waals surface area contributed by atoms with Crippen molar-refractivity contribution in [1.82, 2.24) is 4.90 Å². The lowest BCUT2D eigenvalue weighted by atomic mass is 9.89. The molecule has 150 valence electrons. The van der Waals surface area contributed by atoms with Crippen LogP contribution >= 0.6 is 0 Å². The molecule has 1 unspecified atom stereocenters. The molecule has 0 amide bonds. The van der Waals surface area contributed by atoms with E-state index in [9.17, 15) is 0 Å². The SMILES string of the molecule is CCCCC(CCCCCCCCCCCN(C)C)Cc1ccccc1. The van der Waals surface area contributed by atoms with Crippen LogP contribution in [0.15, 0.2) is 30.3 Å². The summed E-state index contributed by atoms with van der Waals surface area (Å²) in [5.74, 6) is 0.897. The van der Waals surface area contributed by atoms with E-state index in [-0.39, 0.29) is 0 Å². The molecule has 0 saturated carbocycles. The first-order valence-electron chi connectivity index (χ1n) is 11.4. The molecule has 0 aliphatic carbocycles.